The average Bonchev–Trinajstić information content (AvgIpc) is 3.71. The summed E-state index contributed by atoms with van der Waals surface area (Å²) in [5.74, 6) is 0.257. The van der Waals surface area contributed by atoms with Crippen LogP contribution in [0.25, 0.3) is 0 Å². The molecule has 196 valence electrons. The van der Waals surface area contributed by atoms with Crippen molar-refractivity contribution in [3.05, 3.63) is 77.4 Å². The van der Waals surface area contributed by atoms with E-state index in [-0.39, 0.29) is 23.0 Å². The number of Topliss-reactive ketones (excluding diaryl/α,β-unsaturated/α-hetero) is 1. The van der Waals surface area contributed by atoms with Crippen LogP contribution in [0.5, 0.6) is 11.5 Å². The number of ketones is 1. The van der Waals surface area contributed by atoms with Crippen molar-refractivity contribution < 1.29 is 31.9 Å². The monoisotopic (exact) mass is 526 g/mol. The molecule has 2 N–H and O–H groups in total. The van der Waals surface area contributed by atoms with Crippen LogP contribution in [0.1, 0.15) is 42.5 Å². The summed E-state index contributed by atoms with van der Waals surface area (Å²) >= 11 is 0. The zero-order valence-corrected chi connectivity index (χ0v) is 19.9. The second-order valence-electron chi connectivity index (χ2n) is 8.77. The lowest BCUT2D eigenvalue weighted by atomic mass is 10.1. The van der Waals surface area contributed by atoms with Gasteiger partial charge in [-0.25, -0.2) is 9.18 Å². The van der Waals surface area contributed by atoms with Crippen molar-refractivity contribution in [1.29, 1.82) is 5.26 Å². The lowest BCUT2D eigenvalue weighted by Crippen LogP contribution is -2.20. The number of benzene rings is 2. The van der Waals surface area contributed by atoms with Crippen molar-refractivity contribution in [2.75, 3.05) is 10.6 Å². The van der Waals surface area contributed by atoms with Crippen LogP contribution in [0.3, 0.4) is 0 Å². The molecule has 7 nitrogen and oxygen atoms in total. The molecule has 2 aromatic carbocycles. The van der Waals surface area contributed by atoms with E-state index in [1.807, 2.05) is 0 Å². The summed E-state index contributed by atoms with van der Waals surface area (Å²) in [4.78, 5) is 28.3. The molecule has 11 heteroatoms. The maximum atomic E-state index is 14.6. The molecule has 3 aromatic rings. The smallest absolute Gasteiger partial charge is 0.417 e. The number of nitriles is 1. The normalized spacial score (nSPS) is 12.9. The largest absolute Gasteiger partial charge is 0.457 e. The van der Waals surface area contributed by atoms with Gasteiger partial charge in [0.2, 0.25) is 0 Å². The summed E-state index contributed by atoms with van der Waals surface area (Å²) < 4.78 is 59.7. The number of rotatable bonds is 9. The fraction of sp³-hybridized carbons (Fsp3) is 0.259. The van der Waals surface area contributed by atoms with Crippen molar-refractivity contribution in [2.45, 2.75) is 38.3 Å². The predicted molar refractivity (Wildman–Crippen MR) is 130 cm³/mol. The number of alkyl halides is 3. The number of aromatic nitrogens is 1. The number of aryl methyl sites for hydroxylation is 1. The second kappa shape index (κ2) is 11.3. The fourth-order valence-corrected chi connectivity index (χ4v) is 3.74. The number of carbonyl (C=O) groups is 2. The van der Waals surface area contributed by atoms with Gasteiger partial charge in [-0.3, -0.25) is 9.78 Å². The van der Waals surface area contributed by atoms with Crippen LogP contribution < -0.4 is 15.4 Å². The molecule has 0 bridgehead atoms. The number of amides is 2. The van der Waals surface area contributed by atoms with Gasteiger partial charge in [0.15, 0.2) is 0 Å². The first-order chi connectivity index (χ1) is 18.1. The molecule has 38 heavy (non-hydrogen) atoms. The van der Waals surface area contributed by atoms with Gasteiger partial charge in [0.1, 0.15) is 23.1 Å². The maximum absolute atomic E-state index is 14.6. The molecule has 4 rings (SSSR count). The van der Waals surface area contributed by atoms with Gasteiger partial charge in [0, 0.05) is 42.0 Å². The van der Waals surface area contributed by atoms with Gasteiger partial charge in [-0.1, -0.05) is 0 Å². The van der Waals surface area contributed by atoms with E-state index < -0.39 is 29.2 Å². The van der Waals surface area contributed by atoms with Crippen LogP contribution in [0.2, 0.25) is 0 Å². The SMILES string of the molecule is N#Cc1ccc(NC(=O)Nc2ccc(Oc3ccnc(CCCC(=O)C4CC4)c3)cc2F)cc1C(F)(F)F. The number of carbonyl (C=O) groups excluding carboxylic acids is 2. The lowest BCUT2D eigenvalue weighted by Gasteiger charge is -2.13. The zero-order valence-electron chi connectivity index (χ0n) is 19.9. The van der Waals surface area contributed by atoms with Crippen LogP contribution in [0.4, 0.5) is 33.7 Å². The summed E-state index contributed by atoms with van der Waals surface area (Å²) in [7, 11) is 0. The Morgan fingerprint density at radius 3 is 2.50 bits per heavy atom. The van der Waals surface area contributed by atoms with Gasteiger partial charge in [-0.15, -0.1) is 0 Å². The standard InChI is InChI=1S/C27H22F4N4O3/c28-23-14-20(38-21-10-11-33-18(12-21)2-1-3-25(36)16-4-5-16)8-9-24(23)35-26(37)34-19-7-6-17(15-32)22(13-19)27(29,30)31/h6-14,16H,1-5H2,(H2,34,35,37). The summed E-state index contributed by atoms with van der Waals surface area (Å²) in [6.07, 6.45) is 0.531. The number of nitrogens with one attached hydrogen (secondary N) is 2. The number of nitrogens with zero attached hydrogens (tertiary/aromatic N) is 2. The van der Waals surface area contributed by atoms with Crippen LogP contribution >= 0.6 is 0 Å². The van der Waals surface area contributed by atoms with Gasteiger partial charge in [-0.05, 0) is 62.1 Å². The first-order valence-corrected chi connectivity index (χ1v) is 11.8. The summed E-state index contributed by atoms with van der Waals surface area (Å²) in [6, 6.07) is 10.2. The average molecular weight is 526 g/mol. The summed E-state index contributed by atoms with van der Waals surface area (Å²) in [5, 5.41) is 13.3. The minimum absolute atomic E-state index is 0.149. The molecular weight excluding hydrogens is 504 g/mol. The Labute approximate surface area is 215 Å². The Hall–Kier alpha value is -4.46. The molecule has 1 saturated carbocycles. The Kier molecular flexibility index (Phi) is 7.90. The van der Waals surface area contributed by atoms with E-state index in [1.54, 1.807) is 18.3 Å². The number of ether oxygens (including phenoxy) is 1. The molecule has 1 heterocycles. The minimum atomic E-state index is -4.79. The number of hydrogen-bond donors (Lipinski definition) is 2. The van der Waals surface area contributed by atoms with E-state index in [1.165, 1.54) is 18.2 Å². The Balaban J connectivity index is 1.34. The fourth-order valence-electron chi connectivity index (χ4n) is 3.74. The molecule has 0 aliphatic heterocycles. The number of urea groups is 1. The van der Waals surface area contributed by atoms with Gasteiger partial charge in [0.25, 0.3) is 0 Å². The van der Waals surface area contributed by atoms with E-state index in [0.717, 1.165) is 36.7 Å². The van der Waals surface area contributed by atoms with E-state index >= 15 is 0 Å². The van der Waals surface area contributed by atoms with Crippen molar-refractivity contribution in [2.24, 2.45) is 5.92 Å². The van der Waals surface area contributed by atoms with Gasteiger partial charge >= 0.3 is 12.2 Å². The Morgan fingerprint density at radius 2 is 1.82 bits per heavy atom. The van der Waals surface area contributed by atoms with Crippen LogP contribution in [0.15, 0.2) is 54.7 Å². The molecule has 0 saturated heterocycles. The van der Waals surface area contributed by atoms with E-state index in [2.05, 4.69) is 15.6 Å². The highest BCUT2D eigenvalue weighted by Crippen LogP contribution is 2.34. The third kappa shape index (κ3) is 7.06. The number of hydrogen-bond acceptors (Lipinski definition) is 5. The number of halogens is 4. The van der Waals surface area contributed by atoms with E-state index in [9.17, 15) is 27.2 Å². The molecule has 0 spiro atoms. The second-order valence-corrected chi connectivity index (χ2v) is 8.77. The third-order valence-electron chi connectivity index (χ3n) is 5.80. The van der Waals surface area contributed by atoms with Crippen LogP contribution in [0, 0.1) is 23.1 Å². The molecular formula is C27H22F4N4O3. The number of anilines is 2. The van der Waals surface area contributed by atoms with Gasteiger partial charge in [0.05, 0.1) is 22.9 Å². The highest BCUT2D eigenvalue weighted by Gasteiger charge is 2.34. The first kappa shape index (κ1) is 26.6. The highest BCUT2D eigenvalue weighted by atomic mass is 19.4. The predicted octanol–water partition coefficient (Wildman–Crippen LogP) is 6.85. The molecule has 1 aliphatic rings. The van der Waals surface area contributed by atoms with Crippen molar-refractivity contribution in [1.82, 2.24) is 4.98 Å². The zero-order chi connectivity index (χ0) is 27.3. The quantitative estimate of drug-likeness (QED) is 0.297. The van der Waals surface area contributed by atoms with E-state index in [0.29, 0.717) is 36.9 Å². The van der Waals surface area contributed by atoms with Gasteiger partial charge < -0.3 is 15.4 Å². The molecule has 0 radical (unpaired) electrons. The van der Waals surface area contributed by atoms with Crippen LogP contribution in [-0.2, 0) is 17.4 Å². The van der Waals surface area contributed by atoms with E-state index in [4.69, 9.17) is 10.00 Å². The van der Waals surface area contributed by atoms with Crippen molar-refractivity contribution in [3.8, 4) is 17.6 Å². The Bertz CT molecular complexity index is 1400. The van der Waals surface area contributed by atoms with Crippen LogP contribution in [-0.4, -0.2) is 16.8 Å². The third-order valence-corrected chi connectivity index (χ3v) is 5.80. The molecule has 1 aliphatic carbocycles. The minimum Gasteiger partial charge on any atom is -0.457 e. The van der Waals surface area contributed by atoms with Crippen molar-refractivity contribution in [3.63, 3.8) is 0 Å². The highest BCUT2D eigenvalue weighted by molar-refractivity contribution is 6.00. The maximum Gasteiger partial charge on any atom is 0.417 e. The lowest BCUT2D eigenvalue weighted by molar-refractivity contribution is -0.137. The molecule has 1 aromatic heterocycles. The summed E-state index contributed by atoms with van der Waals surface area (Å²) in [6.45, 7) is 0. The molecule has 1 fully saturated rings. The molecule has 0 atom stereocenters. The van der Waals surface area contributed by atoms with Crippen molar-refractivity contribution >= 4 is 23.2 Å². The molecule has 2 amide bonds. The van der Waals surface area contributed by atoms with Gasteiger partial charge in [-0.2, -0.15) is 18.4 Å². The molecule has 0 unspecified atom stereocenters. The topological polar surface area (TPSA) is 104 Å². The Morgan fingerprint density at radius 1 is 1.05 bits per heavy atom. The summed E-state index contributed by atoms with van der Waals surface area (Å²) in [5.41, 5.74) is -1.50. The number of pyridine rings is 1. The first-order valence-electron chi connectivity index (χ1n) is 11.8.